The van der Waals surface area contributed by atoms with E-state index in [9.17, 15) is 19.2 Å². The van der Waals surface area contributed by atoms with Crippen LogP contribution >= 0.6 is 0 Å². The predicted molar refractivity (Wildman–Crippen MR) is 154 cm³/mol. The Labute approximate surface area is 249 Å². The van der Waals surface area contributed by atoms with Gasteiger partial charge in [-0.15, -0.1) is 0 Å². The maximum absolute atomic E-state index is 12.8. The van der Waals surface area contributed by atoms with E-state index in [-0.39, 0.29) is 103 Å². The first-order valence-electron chi connectivity index (χ1n) is 14.4. The summed E-state index contributed by atoms with van der Waals surface area (Å²) in [4.78, 5) is 52.4. The Morgan fingerprint density at radius 2 is 1.21 bits per heavy atom. The van der Waals surface area contributed by atoms with Crippen LogP contribution in [0.4, 0.5) is 0 Å². The van der Waals surface area contributed by atoms with E-state index >= 15 is 0 Å². The second-order valence-corrected chi connectivity index (χ2v) is 11.0. The lowest BCUT2D eigenvalue weighted by molar-refractivity contribution is -0.157. The van der Waals surface area contributed by atoms with Gasteiger partial charge >= 0.3 is 11.9 Å². The van der Waals surface area contributed by atoms with Gasteiger partial charge in [-0.25, -0.2) is 0 Å². The summed E-state index contributed by atoms with van der Waals surface area (Å²) in [6.45, 7) is 11.5. The van der Waals surface area contributed by atoms with Crippen LogP contribution in [0.5, 0.6) is 0 Å². The van der Waals surface area contributed by atoms with E-state index in [2.05, 4.69) is 6.58 Å². The molecule has 3 N–H and O–H groups in total. The van der Waals surface area contributed by atoms with Gasteiger partial charge in [0.1, 0.15) is 26.4 Å². The molecule has 2 amide bonds. The van der Waals surface area contributed by atoms with Gasteiger partial charge in [-0.2, -0.15) is 0 Å². The Balaban J connectivity index is 4.77. The van der Waals surface area contributed by atoms with Crippen molar-refractivity contribution in [3.8, 4) is 0 Å². The van der Waals surface area contributed by atoms with Crippen LogP contribution in [0, 0.1) is 11.3 Å². The van der Waals surface area contributed by atoms with Crippen molar-refractivity contribution in [2.24, 2.45) is 11.3 Å². The highest BCUT2D eigenvalue weighted by Gasteiger charge is 2.26. The molecule has 42 heavy (non-hydrogen) atoms. The van der Waals surface area contributed by atoms with Crippen LogP contribution in [0.15, 0.2) is 12.2 Å². The Morgan fingerprint density at radius 3 is 1.67 bits per heavy atom. The number of hydrogen-bond donors (Lipinski definition) is 3. The predicted octanol–water partition coefficient (Wildman–Crippen LogP) is 0.539. The number of rotatable bonds is 24. The van der Waals surface area contributed by atoms with Crippen LogP contribution in [0.25, 0.3) is 0 Å². The summed E-state index contributed by atoms with van der Waals surface area (Å²) in [5, 5.41) is 27.1. The fourth-order valence-electron chi connectivity index (χ4n) is 4.06. The van der Waals surface area contributed by atoms with Crippen molar-refractivity contribution in [3.05, 3.63) is 12.2 Å². The summed E-state index contributed by atoms with van der Waals surface area (Å²) in [5.41, 5.74) is 0.721. The molecular weight excluding hydrogens is 552 g/mol. The minimum atomic E-state index is -0.831. The zero-order valence-electron chi connectivity index (χ0n) is 25.8. The number of aliphatic hydroxyl groups excluding tert-OH is 3. The van der Waals surface area contributed by atoms with E-state index < -0.39 is 23.8 Å². The topological polar surface area (TPSA) is 172 Å². The van der Waals surface area contributed by atoms with E-state index in [1.54, 1.807) is 0 Å². The number of hydrogen-bond acceptors (Lipinski definition) is 11. The molecule has 0 bridgehead atoms. The van der Waals surface area contributed by atoms with E-state index in [1.807, 2.05) is 27.7 Å². The zero-order valence-corrected chi connectivity index (χ0v) is 25.8. The van der Waals surface area contributed by atoms with Crippen LogP contribution < -0.4 is 0 Å². The molecule has 0 heterocycles. The highest BCUT2D eigenvalue weighted by Crippen LogP contribution is 2.28. The second kappa shape index (κ2) is 22.9. The highest BCUT2D eigenvalue weighted by molar-refractivity contribution is 5.80. The van der Waals surface area contributed by atoms with Gasteiger partial charge in [0.2, 0.25) is 11.8 Å². The number of aliphatic hydroxyl groups is 3. The smallest absolute Gasteiger partial charge is 0.309 e. The highest BCUT2D eigenvalue weighted by atomic mass is 16.6. The summed E-state index contributed by atoms with van der Waals surface area (Å²) in [7, 11) is 0. The molecule has 1 unspecified atom stereocenters. The normalized spacial score (nSPS) is 12.0. The van der Waals surface area contributed by atoms with Crippen molar-refractivity contribution in [2.45, 2.75) is 53.4 Å². The van der Waals surface area contributed by atoms with Crippen molar-refractivity contribution in [1.82, 2.24) is 9.80 Å². The summed E-state index contributed by atoms with van der Waals surface area (Å²) in [6, 6.07) is 0. The minimum Gasteiger partial charge on any atom is -0.463 e. The van der Waals surface area contributed by atoms with Gasteiger partial charge in [-0.1, -0.05) is 39.8 Å². The van der Waals surface area contributed by atoms with Gasteiger partial charge in [-0.05, 0) is 24.7 Å². The first kappa shape index (κ1) is 39.4. The van der Waals surface area contributed by atoms with Gasteiger partial charge in [0.15, 0.2) is 0 Å². The molecule has 0 aromatic carbocycles. The fourth-order valence-corrected chi connectivity index (χ4v) is 4.06. The van der Waals surface area contributed by atoms with Crippen LogP contribution in [-0.2, 0) is 38.1 Å². The van der Waals surface area contributed by atoms with E-state index in [4.69, 9.17) is 34.3 Å². The fraction of sp³-hybridized carbons (Fsp3) is 0.793. The molecule has 0 aliphatic heterocycles. The summed E-state index contributed by atoms with van der Waals surface area (Å²) in [5.74, 6) is -2.76. The van der Waals surface area contributed by atoms with Crippen molar-refractivity contribution in [2.75, 3.05) is 85.6 Å². The summed E-state index contributed by atoms with van der Waals surface area (Å²) >= 11 is 0. The molecular formula is C29H52N2O11. The summed E-state index contributed by atoms with van der Waals surface area (Å²) < 4.78 is 21.1. The average Bonchev–Trinajstić information content (AvgIpc) is 2.90. The second-order valence-electron chi connectivity index (χ2n) is 11.0. The average molecular weight is 605 g/mol. The SMILES string of the molecule is C=C(CC(CC(=O)OCCOCC(=O)N(CCC)CCO)C(=O)OCCOCC(=O)N(CCO)CCO)CC(C)(C)C. The van der Waals surface area contributed by atoms with Crippen molar-refractivity contribution >= 4 is 23.8 Å². The third-order valence-corrected chi connectivity index (χ3v) is 5.78. The molecule has 0 spiro atoms. The molecule has 0 radical (unpaired) electrons. The molecule has 0 saturated heterocycles. The standard InChI is InChI=1S/C29H52N2O11/c1-6-7-30(8-11-32)25(35)21-39-14-16-41-27(37)19-24(18-23(2)20-29(3,4)5)28(38)42-17-15-40-22-26(36)31(9-12-33)10-13-34/h24,32-34H,2,6-22H2,1,3-5H3. The number of amides is 2. The molecule has 13 nitrogen and oxygen atoms in total. The van der Waals surface area contributed by atoms with Crippen LogP contribution in [0.1, 0.15) is 53.4 Å². The third kappa shape index (κ3) is 19.5. The maximum Gasteiger partial charge on any atom is 0.309 e. The van der Waals surface area contributed by atoms with Crippen LogP contribution in [0.3, 0.4) is 0 Å². The monoisotopic (exact) mass is 604 g/mol. The van der Waals surface area contributed by atoms with Gasteiger partial charge < -0.3 is 44.1 Å². The number of ether oxygens (including phenoxy) is 4. The van der Waals surface area contributed by atoms with Gasteiger partial charge in [0.05, 0.1) is 45.4 Å². The maximum atomic E-state index is 12.8. The lowest BCUT2D eigenvalue weighted by atomic mass is 9.84. The number of allylic oxidation sites excluding steroid dienone is 1. The summed E-state index contributed by atoms with van der Waals surface area (Å²) in [6.07, 6.45) is 1.38. The van der Waals surface area contributed by atoms with E-state index in [1.165, 1.54) is 9.80 Å². The van der Waals surface area contributed by atoms with Gasteiger partial charge in [-0.3, -0.25) is 19.2 Å². The number of carbonyl (C=O) groups excluding carboxylic acids is 4. The van der Waals surface area contributed by atoms with Crippen molar-refractivity contribution in [1.29, 1.82) is 0 Å². The number of esters is 2. The molecule has 0 aliphatic rings. The quantitative estimate of drug-likeness (QED) is 0.0797. The largest absolute Gasteiger partial charge is 0.463 e. The van der Waals surface area contributed by atoms with Crippen LogP contribution in [-0.4, -0.2) is 135 Å². The van der Waals surface area contributed by atoms with Gasteiger partial charge in [0, 0.05) is 26.2 Å². The Kier molecular flexibility index (Phi) is 21.5. The molecule has 0 aromatic rings. The molecule has 0 aliphatic carbocycles. The number of carbonyl (C=O) groups is 4. The zero-order chi connectivity index (χ0) is 32.0. The lowest BCUT2D eigenvalue weighted by Crippen LogP contribution is -2.38. The first-order valence-corrected chi connectivity index (χ1v) is 14.4. The van der Waals surface area contributed by atoms with Gasteiger partial charge in [0.25, 0.3) is 0 Å². The van der Waals surface area contributed by atoms with Crippen molar-refractivity contribution in [3.63, 3.8) is 0 Å². The van der Waals surface area contributed by atoms with E-state index in [0.29, 0.717) is 13.0 Å². The minimum absolute atomic E-state index is 0.00743. The Bertz CT molecular complexity index is 802. The Morgan fingerprint density at radius 1 is 0.738 bits per heavy atom. The molecule has 0 fully saturated rings. The molecule has 0 aromatic heterocycles. The molecule has 0 rings (SSSR count). The first-order chi connectivity index (χ1) is 19.9. The third-order valence-electron chi connectivity index (χ3n) is 5.78. The number of nitrogens with zero attached hydrogens (tertiary/aromatic N) is 2. The molecule has 1 atom stereocenters. The van der Waals surface area contributed by atoms with Crippen LogP contribution in [0.2, 0.25) is 0 Å². The molecule has 0 saturated carbocycles. The van der Waals surface area contributed by atoms with Crippen molar-refractivity contribution < 1.29 is 53.4 Å². The molecule has 244 valence electrons. The Hall–Kier alpha value is -2.58. The lowest BCUT2D eigenvalue weighted by Gasteiger charge is -2.23. The van der Waals surface area contributed by atoms with E-state index in [0.717, 1.165) is 12.0 Å². The molecule has 13 heteroatoms.